The van der Waals surface area contributed by atoms with Gasteiger partial charge in [-0.15, -0.1) is 11.3 Å². The molecule has 0 bridgehead atoms. The number of hydrogen-bond donors (Lipinski definition) is 0. The number of fused-ring (bicyclic) bond motifs is 1. The molecule has 0 N–H and O–H groups in total. The van der Waals surface area contributed by atoms with Crippen LogP contribution in [-0.4, -0.2) is 13.1 Å². The van der Waals surface area contributed by atoms with Crippen molar-refractivity contribution in [3.05, 3.63) is 32.7 Å². The van der Waals surface area contributed by atoms with E-state index in [1.807, 2.05) is 18.2 Å². The van der Waals surface area contributed by atoms with Crippen LogP contribution in [0.4, 0.5) is 0 Å². The Bertz CT molecular complexity index is 490. The third-order valence-corrected chi connectivity index (χ3v) is 3.80. The predicted molar refractivity (Wildman–Crippen MR) is 65.9 cm³/mol. The smallest absolute Gasteiger partial charge is 0.338 e. The molecule has 2 nitrogen and oxygen atoms in total. The van der Waals surface area contributed by atoms with E-state index < -0.39 is 0 Å². The minimum atomic E-state index is -0.273. The summed E-state index contributed by atoms with van der Waals surface area (Å²) < 4.78 is 7.01. The average Bonchev–Trinajstić information content (AvgIpc) is 2.56. The number of methoxy groups -OCH3 is 1. The fraction of sp³-hybridized carbons (Fsp3) is 0.100. The molecule has 0 fully saturated rings. The van der Waals surface area contributed by atoms with Gasteiger partial charge in [0.05, 0.1) is 15.6 Å². The van der Waals surface area contributed by atoms with Crippen LogP contribution in [0, 0.1) is 2.88 Å². The molecule has 0 aliphatic rings. The van der Waals surface area contributed by atoms with Crippen LogP contribution in [0.1, 0.15) is 10.4 Å². The second-order valence-electron chi connectivity index (χ2n) is 2.76. The zero-order chi connectivity index (χ0) is 10.1. The number of esters is 1. The van der Waals surface area contributed by atoms with Crippen LogP contribution < -0.4 is 0 Å². The van der Waals surface area contributed by atoms with E-state index in [2.05, 4.69) is 22.6 Å². The molecule has 0 spiro atoms. The van der Waals surface area contributed by atoms with Gasteiger partial charge in [0.2, 0.25) is 0 Å². The molecule has 2 rings (SSSR count). The lowest BCUT2D eigenvalue weighted by atomic mass is 10.1. The summed E-state index contributed by atoms with van der Waals surface area (Å²) in [4.78, 5) is 11.4. The van der Waals surface area contributed by atoms with E-state index in [0.717, 1.165) is 10.1 Å². The number of thiophene rings is 1. The van der Waals surface area contributed by atoms with Crippen LogP contribution >= 0.6 is 33.9 Å². The summed E-state index contributed by atoms with van der Waals surface area (Å²) in [5.74, 6) is -0.273. The number of rotatable bonds is 1. The highest BCUT2D eigenvalue weighted by molar-refractivity contribution is 14.1. The fourth-order valence-electron chi connectivity index (χ4n) is 1.32. The Balaban J connectivity index is 2.70. The number of carbonyl (C=O) groups is 1. The summed E-state index contributed by atoms with van der Waals surface area (Å²) in [5.41, 5.74) is 0.643. The first-order chi connectivity index (χ1) is 6.72. The van der Waals surface area contributed by atoms with Gasteiger partial charge in [-0.25, -0.2) is 4.79 Å². The molecule has 72 valence electrons. The Morgan fingerprint density at radius 1 is 1.50 bits per heavy atom. The van der Waals surface area contributed by atoms with Crippen LogP contribution in [-0.2, 0) is 4.74 Å². The number of benzene rings is 1. The first-order valence-corrected chi connectivity index (χ1v) is 5.88. The second-order valence-corrected chi connectivity index (χ2v) is 5.74. The van der Waals surface area contributed by atoms with Crippen molar-refractivity contribution < 1.29 is 9.53 Å². The zero-order valence-corrected chi connectivity index (χ0v) is 10.4. The van der Waals surface area contributed by atoms with Crippen molar-refractivity contribution in [3.63, 3.8) is 0 Å². The summed E-state index contributed by atoms with van der Waals surface area (Å²) in [6.45, 7) is 0. The van der Waals surface area contributed by atoms with Crippen molar-refractivity contribution in [2.24, 2.45) is 0 Å². The summed E-state index contributed by atoms with van der Waals surface area (Å²) in [6.07, 6.45) is 0. The second kappa shape index (κ2) is 3.86. The Hall–Kier alpha value is -0.620. The first-order valence-electron chi connectivity index (χ1n) is 3.99. The van der Waals surface area contributed by atoms with Gasteiger partial charge in [-0.05, 0) is 40.8 Å². The van der Waals surface area contributed by atoms with Gasteiger partial charge in [0.1, 0.15) is 0 Å². The first kappa shape index (κ1) is 9.92. The van der Waals surface area contributed by atoms with Crippen molar-refractivity contribution in [3.8, 4) is 0 Å². The van der Waals surface area contributed by atoms with E-state index in [-0.39, 0.29) is 5.97 Å². The van der Waals surface area contributed by atoms with Gasteiger partial charge >= 0.3 is 5.97 Å². The standard InChI is InChI=1S/C10H7IO2S/c1-13-10(12)6-3-2-4-8-7(6)5-9(11)14-8/h2-5H,1H3. The zero-order valence-electron chi connectivity index (χ0n) is 7.41. The molecule has 0 aliphatic heterocycles. The van der Waals surface area contributed by atoms with Gasteiger partial charge in [-0.1, -0.05) is 6.07 Å². The molecule has 14 heavy (non-hydrogen) atoms. The maximum absolute atomic E-state index is 11.4. The lowest BCUT2D eigenvalue weighted by molar-refractivity contribution is 0.0603. The molecular formula is C10H7IO2S. The lowest BCUT2D eigenvalue weighted by Gasteiger charge is -1.99. The molecule has 4 heteroatoms. The van der Waals surface area contributed by atoms with E-state index in [1.165, 1.54) is 9.99 Å². The van der Waals surface area contributed by atoms with Gasteiger partial charge in [0.25, 0.3) is 0 Å². The lowest BCUT2D eigenvalue weighted by Crippen LogP contribution is -2.00. The maximum Gasteiger partial charge on any atom is 0.338 e. The number of carbonyl (C=O) groups excluding carboxylic acids is 1. The Labute approximate surface area is 99.0 Å². The van der Waals surface area contributed by atoms with Crippen LogP contribution in [0.5, 0.6) is 0 Å². The highest BCUT2D eigenvalue weighted by Gasteiger charge is 2.11. The van der Waals surface area contributed by atoms with E-state index >= 15 is 0 Å². The largest absolute Gasteiger partial charge is 0.465 e. The molecular weight excluding hydrogens is 311 g/mol. The van der Waals surface area contributed by atoms with Crippen LogP contribution in [0.25, 0.3) is 10.1 Å². The van der Waals surface area contributed by atoms with Gasteiger partial charge in [-0.3, -0.25) is 0 Å². The van der Waals surface area contributed by atoms with E-state index in [1.54, 1.807) is 17.4 Å². The van der Waals surface area contributed by atoms with Crippen LogP contribution in [0.15, 0.2) is 24.3 Å². The SMILES string of the molecule is COC(=O)c1cccc2sc(I)cc12. The molecule has 0 saturated carbocycles. The summed E-state index contributed by atoms with van der Waals surface area (Å²) in [7, 11) is 1.40. The monoisotopic (exact) mass is 318 g/mol. The average molecular weight is 318 g/mol. The Morgan fingerprint density at radius 2 is 2.29 bits per heavy atom. The van der Waals surface area contributed by atoms with Gasteiger partial charge in [-0.2, -0.15) is 0 Å². The molecule has 0 saturated heterocycles. The summed E-state index contributed by atoms with van der Waals surface area (Å²) in [6, 6.07) is 7.68. The number of ether oxygens (including phenoxy) is 1. The summed E-state index contributed by atoms with van der Waals surface area (Å²) >= 11 is 3.92. The fourth-order valence-corrected chi connectivity index (χ4v) is 3.15. The minimum absolute atomic E-state index is 0.273. The molecule has 1 heterocycles. The van der Waals surface area contributed by atoms with Crippen molar-refractivity contribution in [1.82, 2.24) is 0 Å². The molecule has 0 aliphatic carbocycles. The molecule has 0 unspecified atom stereocenters. The van der Waals surface area contributed by atoms with E-state index in [9.17, 15) is 4.79 Å². The highest BCUT2D eigenvalue weighted by atomic mass is 127. The number of hydrogen-bond acceptors (Lipinski definition) is 3. The van der Waals surface area contributed by atoms with Crippen LogP contribution in [0.3, 0.4) is 0 Å². The minimum Gasteiger partial charge on any atom is -0.465 e. The molecule has 1 aromatic heterocycles. The predicted octanol–water partition coefficient (Wildman–Crippen LogP) is 3.29. The van der Waals surface area contributed by atoms with Gasteiger partial charge in [0, 0.05) is 10.1 Å². The molecule has 0 radical (unpaired) electrons. The maximum atomic E-state index is 11.4. The van der Waals surface area contributed by atoms with E-state index in [4.69, 9.17) is 4.74 Å². The normalized spacial score (nSPS) is 10.4. The highest BCUT2D eigenvalue weighted by Crippen LogP contribution is 2.29. The van der Waals surface area contributed by atoms with Gasteiger partial charge in [0.15, 0.2) is 0 Å². The Kier molecular flexibility index (Phi) is 2.73. The summed E-state index contributed by atoms with van der Waals surface area (Å²) in [5, 5.41) is 0.980. The van der Waals surface area contributed by atoms with Crippen molar-refractivity contribution in [1.29, 1.82) is 0 Å². The number of halogens is 1. The van der Waals surface area contributed by atoms with Crippen molar-refractivity contribution in [2.75, 3.05) is 7.11 Å². The van der Waals surface area contributed by atoms with Crippen molar-refractivity contribution >= 4 is 50.0 Å². The third kappa shape index (κ3) is 1.64. The quantitative estimate of drug-likeness (QED) is 0.596. The molecule has 0 atom stereocenters. The van der Waals surface area contributed by atoms with Gasteiger partial charge < -0.3 is 4.74 Å². The topological polar surface area (TPSA) is 26.3 Å². The molecule has 0 amide bonds. The Morgan fingerprint density at radius 3 is 3.00 bits per heavy atom. The molecule has 1 aromatic carbocycles. The van der Waals surface area contributed by atoms with Crippen molar-refractivity contribution in [2.45, 2.75) is 0 Å². The molecule has 2 aromatic rings. The van der Waals surface area contributed by atoms with Crippen LogP contribution in [0.2, 0.25) is 0 Å². The van der Waals surface area contributed by atoms with E-state index in [0.29, 0.717) is 5.56 Å². The third-order valence-electron chi connectivity index (χ3n) is 1.94.